The van der Waals surface area contributed by atoms with Gasteiger partial charge in [-0.15, -0.1) is 0 Å². The molecule has 0 fully saturated rings. The highest BCUT2D eigenvalue weighted by atomic mass is 15.3. The Morgan fingerprint density at radius 2 is 1.89 bits per heavy atom. The van der Waals surface area contributed by atoms with Crippen LogP contribution in [0.2, 0.25) is 0 Å². The fourth-order valence-corrected chi connectivity index (χ4v) is 1.77. The van der Waals surface area contributed by atoms with Gasteiger partial charge in [-0.2, -0.15) is 5.10 Å². The number of hydrogen-bond acceptors (Lipinski definition) is 3. The van der Waals surface area contributed by atoms with E-state index in [1.54, 1.807) is 12.5 Å². The molecule has 4 nitrogen and oxygen atoms in total. The van der Waals surface area contributed by atoms with Gasteiger partial charge in [-0.05, 0) is 11.6 Å². The Labute approximate surface area is 105 Å². The van der Waals surface area contributed by atoms with Crippen LogP contribution in [0, 0.1) is 0 Å². The summed E-state index contributed by atoms with van der Waals surface area (Å²) in [7, 11) is 0. The monoisotopic (exact) mass is 236 g/mol. The van der Waals surface area contributed by atoms with E-state index in [0.29, 0.717) is 6.54 Å². The van der Waals surface area contributed by atoms with E-state index in [9.17, 15) is 0 Å². The molecule has 1 aromatic carbocycles. The molecule has 0 N–H and O–H groups in total. The Bertz CT molecular complexity index is 617. The van der Waals surface area contributed by atoms with Crippen molar-refractivity contribution in [2.24, 2.45) is 0 Å². The maximum Gasteiger partial charge on any atom is 0.181 e. The lowest BCUT2D eigenvalue weighted by molar-refractivity contribution is 0.685. The van der Waals surface area contributed by atoms with Gasteiger partial charge in [-0.3, -0.25) is 4.98 Å². The van der Waals surface area contributed by atoms with E-state index in [1.807, 2.05) is 53.3 Å². The van der Waals surface area contributed by atoms with Crippen molar-refractivity contribution >= 4 is 0 Å². The Balaban J connectivity index is 1.82. The average molecular weight is 236 g/mol. The second kappa shape index (κ2) is 4.79. The Kier molecular flexibility index (Phi) is 2.84. The van der Waals surface area contributed by atoms with E-state index < -0.39 is 0 Å². The van der Waals surface area contributed by atoms with Crippen LogP contribution in [-0.4, -0.2) is 19.7 Å². The van der Waals surface area contributed by atoms with Crippen LogP contribution in [0.15, 0.2) is 61.2 Å². The van der Waals surface area contributed by atoms with Crippen molar-refractivity contribution in [2.75, 3.05) is 0 Å². The number of rotatable bonds is 3. The molecule has 0 spiro atoms. The van der Waals surface area contributed by atoms with Gasteiger partial charge in [0.15, 0.2) is 5.82 Å². The molecule has 0 aliphatic rings. The van der Waals surface area contributed by atoms with E-state index >= 15 is 0 Å². The normalized spacial score (nSPS) is 10.4. The number of hydrogen-bond donors (Lipinski definition) is 0. The average Bonchev–Trinajstić information content (AvgIpc) is 2.89. The van der Waals surface area contributed by atoms with Gasteiger partial charge in [0.2, 0.25) is 0 Å². The number of benzene rings is 1. The van der Waals surface area contributed by atoms with Gasteiger partial charge in [-0.1, -0.05) is 36.4 Å². The minimum atomic E-state index is 0.688. The van der Waals surface area contributed by atoms with Gasteiger partial charge in [0, 0.05) is 18.0 Å². The third-order valence-electron chi connectivity index (χ3n) is 2.64. The van der Waals surface area contributed by atoms with Crippen LogP contribution in [0.4, 0.5) is 0 Å². The lowest BCUT2D eigenvalue weighted by Crippen LogP contribution is -2.00. The first kappa shape index (κ1) is 10.7. The number of nitrogens with zero attached hydrogens (tertiary/aromatic N) is 4. The number of aromatic nitrogens is 4. The number of pyridine rings is 1. The second-order valence-electron chi connectivity index (χ2n) is 3.99. The molecule has 0 radical (unpaired) electrons. The van der Waals surface area contributed by atoms with Crippen molar-refractivity contribution in [3.8, 4) is 11.4 Å². The molecule has 0 amide bonds. The summed E-state index contributed by atoms with van der Waals surface area (Å²) in [6.45, 7) is 0.688. The summed E-state index contributed by atoms with van der Waals surface area (Å²) in [6, 6.07) is 13.9. The van der Waals surface area contributed by atoms with E-state index in [2.05, 4.69) is 15.1 Å². The van der Waals surface area contributed by atoms with Crippen molar-refractivity contribution < 1.29 is 0 Å². The summed E-state index contributed by atoms with van der Waals surface area (Å²) in [5.41, 5.74) is 2.14. The molecule has 2 aromatic heterocycles. The van der Waals surface area contributed by atoms with E-state index in [1.165, 1.54) is 0 Å². The topological polar surface area (TPSA) is 43.6 Å². The molecule has 2 heterocycles. The second-order valence-corrected chi connectivity index (χ2v) is 3.99. The molecular formula is C14H12N4. The molecule has 88 valence electrons. The maximum atomic E-state index is 4.45. The van der Waals surface area contributed by atoms with Crippen molar-refractivity contribution in [1.29, 1.82) is 0 Å². The predicted octanol–water partition coefficient (Wildman–Crippen LogP) is 2.39. The quantitative estimate of drug-likeness (QED) is 0.701. The van der Waals surface area contributed by atoms with E-state index in [-0.39, 0.29) is 0 Å². The molecule has 0 unspecified atom stereocenters. The Morgan fingerprint density at radius 1 is 1.00 bits per heavy atom. The fourth-order valence-electron chi connectivity index (χ4n) is 1.77. The molecule has 0 atom stereocenters. The van der Waals surface area contributed by atoms with Crippen LogP contribution in [-0.2, 0) is 6.54 Å². The first-order valence-electron chi connectivity index (χ1n) is 5.75. The molecule has 0 aliphatic heterocycles. The summed E-state index contributed by atoms with van der Waals surface area (Å²) in [5, 5.41) is 4.45. The molecule has 0 saturated carbocycles. The van der Waals surface area contributed by atoms with Crippen LogP contribution in [0.3, 0.4) is 0 Å². The SMILES string of the molecule is c1ccc(-c2ncn(Cc3cccnc3)n2)cc1. The lowest BCUT2D eigenvalue weighted by Gasteiger charge is -1.99. The molecule has 4 heteroatoms. The third kappa shape index (κ3) is 2.27. The lowest BCUT2D eigenvalue weighted by atomic mass is 10.2. The fraction of sp³-hybridized carbons (Fsp3) is 0.0714. The molecular weight excluding hydrogens is 224 g/mol. The molecule has 0 bridgehead atoms. The third-order valence-corrected chi connectivity index (χ3v) is 2.64. The van der Waals surface area contributed by atoms with Gasteiger partial charge >= 0.3 is 0 Å². The first-order valence-corrected chi connectivity index (χ1v) is 5.75. The van der Waals surface area contributed by atoms with Crippen molar-refractivity contribution in [3.63, 3.8) is 0 Å². The van der Waals surface area contributed by atoms with Crippen LogP contribution < -0.4 is 0 Å². The first-order chi connectivity index (χ1) is 8.92. The summed E-state index contributed by atoms with van der Waals surface area (Å²) >= 11 is 0. The van der Waals surface area contributed by atoms with E-state index in [4.69, 9.17) is 0 Å². The van der Waals surface area contributed by atoms with Gasteiger partial charge in [0.05, 0.1) is 6.54 Å². The molecule has 0 aliphatic carbocycles. The molecule has 0 saturated heterocycles. The zero-order valence-electron chi connectivity index (χ0n) is 9.77. The zero-order chi connectivity index (χ0) is 12.2. The zero-order valence-corrected chi connectivity index (χ0v) is 9.77. The summed E-state index contributed by atoms with van der Waals surface area (Å²) < 4.78 is 1.82. The summed E-state index contributed by atoms with van der Waals surface area (Å²) in [4.78, 5) is 8.40. The standard InChI is InChI=1S/C14H12N4/c1-2-6-13(7-3-1)14-16-11-18(17-14)10-12-5-4-8-15-9-12/h1-9,11H,10H2. The van der Waals surface area contributed by atoms with Crippen molar-refractivity contribution in [2.45, 2.75) is 6.54 Å². The highest BCUT2D eigenvalue weighted by molar-refractivity contribution is 5.53. The largest absolute Gasteiger partial charge is 0.264 e. The minimum absolute atomic E-state index is 0.688. The highest BCUT2D eigenvalue weighted by Crippen LogP contribution is 2.13. The predicted molar refractivity (Wildman–Crippen MR) is 68.8 cm³/mol. The summed E-state index contributed by atoms with van der Waals surface area (Å²) in [6.07, 6.45) is 5.35. The highest BCUT2D eigenvalue weighted by Gasteiger charge is 2.03. The van der Waals surface area contributed by atoms with Crippen LogP contribution in [0.5, 0.6) is 0 Å². The van der Waals surface area contributed by atoms with Gasteiger partial charge in [-0.25, -0.2) is 9.67 Å². The molecule has 3 aromatic rings. The molecule has 3 rings (SSSR count). The van der Waals surface area contributed by atoms with Gasteiger partial charge < -0.3 is 0 Å². The maximum absolute atomic E-state index is 4.45. The van der Waals surface area contributed by atoms with Gasteiger partial charge in [0.25, 0.3) is 0 Å². The Hall–Kier alpha value is -2.49. The van der Waals surface area contributed by atoms with Crippen LogP contribution in [0.1, 0.15) is 5.56 Å². The van der Waals surface area contributed by atoms with E-state index in [0.717, 1.165) is 17.0 Å². The summed E-state index contributed by atoms with van der Waals surface area (Å²) in [5.74, 6) is 0.750. The van der Waals surface area contributed by atoms with Crippen molar-refractivity contribution in [1.82, 2.24) is 19.7 Å². The smallest absolute Gasteiger partial charge is 0.181 e. The van der Waals surface area contributed by atoms with Gasteiger partial charge in [0.1, 0.15) is 6.33 Å². The molecule has 18 heavy (non-hydrogen) atoms. The van der Waals surface area contributed by atoms with Crippen LogP contribution in [0.25, 0.3) is 11.4 Å². The van der Waals surface area contributed by atoms with Crippen molar-refractivity contribution in [3.05, 3.63) is 66.7 Å². The minimum Gasteiger partial charge on any atom is -0.264 e. The Morgan fingerprint density at radius 3 is 2.67 bits per heavy atom. The van der Waals surface area contributed by atoms with Crippen LogP contribution >= 0.6 is 0 Å².